The van der Waals surface area contributed by atoms with Crippen molar-refractivity contribution in [3.63, 3.8) is 0 Å². The van der Waals surface area contributed by atoms with E-state index in [9.17, 15) is 9.90 Å². The molecule has 1 N–H and O–H groups in total. The summed E-state index contributed by atoms with van der Waals surface area (Å²) >= 11 is 0. The number of aliphatic hydroxyl groups is 1. The Morgan fingerprint density at radius 2 is 2.06 bits per heavy atom. The van der Waals surface area contributed by atoms with Gasteiger partial charge in [0.2, 0.25) is 0 Å². The first-order chi connectivity index (χ1) is 7.70. The first-order valence-electron chi connectivity index (χ1n) is 6.21. The second-order valence-corrected chi connectivity index (χ2v) is 3.85. The Bertz CT molecular complexity index is 199. The molecule has 0 aromatic heterocycles. The molecular weight excluding hydrogens is 204 g/mol. The molecule has 0 saturated heterocycles. The molecule has 0 unspecified atom stereocenters. The van der Waals surface area contributed by atoms with Crippen molar-refractivity contribution in [3.05, 3.63) is 12.2 Å². The van der Waals surface area contributed by atoms with Crippen LogP contribution < -0.4 is 0 Å². The van der Waals surface area contributed by atoms with Crippen LogP contribution in [0.15, 0.2) is 12.2 Å². The fraction of sp³-hybridized carbons (Fsp3) is 0.769. The molecule has 0 aliphatic carbocycles. The number of rotatable bonds is 9. The SMILES string of the molecule is CCCCCC[C@@H](O)/C=C/CC(=O)OCC. The van der Waals surface area contributed by atoms with Crippen molar-refractivity contribution in [2.75, 3.05) is 6.61 Å². The van der Waals surface area contributed by atoms with Gasteiger partial charge in [0.15, 0.2) is 0 Å². The van der Waals surface area contributed by atoms with Crippen LogP contribution in [0.2, 0.25) is 0 Å². The predicted molar refractivity (Wildman–Crippen MR) is 65.2 cm³/mol. The van der Waals surface area contributed by atoms with E-state index in [2.05, 4.69) is 6.92 Å². The number of hydrogen-bond donors (Lipinski definition) is 1. The highest BCUT2D eigenvalue weighted by Crippen LogP contribution is 2.06. The van der Waals surface area contributed by atoms with E-state index < -0.39 is 6.10 Å². The maximum absolute atomic E-state index is 11.0. The van der Waals surface area contributed by atoms with Crippen LogP contribution in [-0.2, 0) is 9.53 Å². The highest BCUT2D eigenvalue weighted by Gasteiger charge is 2.00. The first-order valence-corrected chi connectivity index (χ1v) is 6.21. The third kappa shape index (κ3) is 9.71. The zero-order valence-corrected chi connectivity index (χ0v) is 10.4. The Labute approximate surface area is 98.5 Å². The van der Waals surface area contributed by atoms with Crippen LogP contribution in [-0.4, -0.2) is 23.8 Å². The largest absolute Gasteiger partial charge is 0.466 e. The topological polar surface area (TPSA) is 46.5 Å². The standard InChI is InChI=1S/C13H24O3/c1-3-5-6-7-9-12(14)10-8-11-13(15)16-4-2/h8,10,12,14H,3-7,9,11H2,1-2H3/b10-8+/t12-/m1/s1. The monoisotopic (exact) mass is 228 g/mol. The van der Waals surface area contributed by atoms with Gasteiger partial charge >= 0.3 is 5.97 Å². The summed E-state index contributed by atoms with van der Waals surface area (Å²) in [6.07, 6.45) is 8.60. The number of carbonyl (C=O) groups is 1. The molecule has 0 aromatic carbocycles. The molecule has 0 spiro atoms. The Morgan fingerprint density at radius 1 is 1.31 bits per heavy atom. The molecule has 0 fully saturated rings. The van der Waals surface area contributed by atoms with Gasteiger partial charge in [0.05, 0.1) is 19.1 Å². The zero-order valence-electron chi connectivity index (χ0n) is 10.4. The second-order valence-electron chi connectivity index (χ2n) is 3.85. The molecular formula is C13H24O3. The second kappa shape index (κ2) is 10.7. The number of hydrogen-bond acceptors (Lipinski definition) is 3. The van der Waals surface area contributed by atoms with Crippen molar-refractivity contribution in [1.29, 1.82) is 0 Å². The van der Waals surface area contributed by atoms with Crippen LogP contribution in [0.25, 0.3) is 0 Å². The van der Waals surface area contributed by atoms with Crippen LogP contribution in [0.1, 0.15) is 52.4 Å². The molecule has 0 rings (SSSR count). The average molecular weight is 228 g/mol. The molecule has 3 nitrogen and oxygen atoms in total. The van der Waals surface area contributed by atoms with Crippen LogP contribution in [0, 0.1) is 0 Å². The molecule has 94 valence electrons. The Balaban J connectivity index is 3.50. The van der Waals surface area contributed by atoms with Crippen LogP contribution in [0.5, 0.6) is 0 Å². The van der Waals surface area contributed by atoms with Crippen molar-refractivity contribution in [2.45, 2.75) is 58.5 Å². The molecule has 0 amide bonds. The summed E-state index contributed by atoms with van der Waals surface area (Å²) < 4.78 is 4.76. The summed E-state index contributed by atoms with van der Waals surface area (Å²) in [6.45, 7) is 4.35. The molecule has 16 heavy (non-hydrogen) atoms. The third-order valence-corrected chi connectivity index (χ3v) is 2.30. The lowest BCUT2D eigenvalue weighted by Crippen LogP contribution is -2.04. The van der Waals surface area contributed by atoms with Gasteiger partial charge in [0.1, 0.15) is 0 Å². The van der Waals surface area contributed by atoms with E-state index in [1.54, 1.807) is 19.1 Å². The van der Waals surface area contributed by atoms with Crippen molar-refractivity contribution in [3.8, 4) is 0 Å². The van der Waals surface area contributed by atoms with Crippen molar-refractivity contribution >= 4 is 5.97 Å². The van der Waals surface area contributed by atoms with E-state index in [1.807, 2.05) is 0 Å². The van der Waals surface area contributed by atoms with Crippen molar-refractivity contribution < 1.29 is 14.6 Å². The molecule has 1 atom stereocenters. The number of unbranched alkanes of at least 4 members (excludes halogenated alkanes) is 3. The molecule has 0 bridgehead atoms. The Morgan fingerprint density at radius 3 is 2.69 bits per heavy atom. The van der Waals surface area contributed by atoms with Gasteiger partial charge in [0, 0.05) is 0 Å². The fourth-order valence-electron chi connectivity index (χ4n) is 1.42. The maximum Gasteiger partial charge on any atom is 0.309 e. The normalized spacial score (nSPS) is 12.9. The summed E-state index contributed by atoms with van der Waals surface area (Å²) in [4.78, 5) is 11.0. The molecule has 0 aliphatic rings. The van der Waals surface area contributed by atoms with Gasteiger partial charge in [-0.2, -0.15) is 0 Å². The number of esters is 1. The van der Waals surface area contributed by atoms with E-state index >= 15 is 0 Å². The molecule has 0 aromatic rings. The van der Waals surface area contributed by atoms with Gasteiger partial charge in [-0.25, -0.2) is 0 Å². The zero-order chi connectivity index (χ0) is 12.2. The van der Waals surface area contributed by atoms with Gasteiger partial charge in [-0.05, 0) is 13.3 Å². The minimum absolute atomic E-state index is 0.239. The van der Waals surface area contributed by atoms with Gasteiger partial charge in [-0.1, -0.05) is 44.8 Å². The summed E-state index contributed by atoms with van der Waals surface area (Å²) in [5.41, 5.74) is 0. The molecule has 0 radical (unpaired) electrons. The minimum Gasteiger partial charge on any atom is -0.466 e. The van der Waals surface area contributed by atoms with Gasteiger partial charge in [0.25, 0.3) is 0 Å². The van der Waals surface area contributed by atoms with E-state index in [0.29, 0.717) is 6.61 Å². The van der Waals surface area contributed by atoms with Gasteiger partial charge < -0.3 is 9.84 Å². The molecule has 0 aliphatic heterocycles. The Hall–Kier alpha value is -0.830. The van der Waals surface area contributed by atoms with E-state index in [0.717, 1.165) is 12.8 Å². The smallest absolute Gasteiger partial charge is 0.309 e. The van der Waals surface area contributed by atoms with E-state index in [1.165, 1.54) is 19.3 Å². The third-order valence-electron chi connectivity index (χ3n) is 2.30. The van der Waals surface area contributed by atoms with Crippen LogP contribution in [0.3, 0.4) is 0 Å². The summed E-state index contributed by atoms with van der Waals surface area (Å²) in [5, 5.41) is 9.55. The number of carbonyl (C=O) groups excluding carboxylic acids is 1. The van der Waals surface area contributed by atoms with Crippen LogP contribution >= 0.6 is 0 Å². The highest BCUT2D eigenvalue weighted by atomic mass is 16.5. The molecule has 0 heterocycles. The quantitative estimate of drug-likeness (QED) is 0.375. The molecule has 0 saturated carbocycles. The lowest BCUT2D eigenvalue weighted by atomic mass is 10.1. The summed E-state index contributed by atoms with van der Waals surface area (Å²) in [5.74, 6) is -0.239. The van der Waals surface area contributed by atoms with Crippen molar-refractivity contribution in [1.82, 2.24) is 0 Å². The highest BCUT2D eigenvalue weighted by molar-refractivity contribution is 5.71. The molecule has 3 heteroatoms. The lowest BCUT2D eigenvalue weighted by Gasteiger charge is -2.04. The summed E-state index contributed by atoms with van der Waals surface area (Å²) in [7, 11) is 0. The fourth-order valence-corrected chi connectivity index (χ4v) is 1.42. The average Bonchev–Trinajstić information content (AvgIpc) is 2.25. The predicted octanol–water partition coefficient (Wildman–Crippen LogP) is 2.83. The van der Waals surface area contributed by atoms with Crippen molar-refractivity contribution in [2.24, 2.45) is 0 Å². The lowest BCUT2D eigenvalue weighted by molar-refractivity contribution is -0.142. The number of ether oxygens (including phenoxy) is 1. The minimum atomic E-state index is -0.425. The first kappa shape index (κ1) is 15.2. The summed E-state index contributed by atoms with van der Waals surface area (Å²) in [6, 6.07) is 0. The maximum atomic E-state index is 11.0. The van der Waals surface area contributed by atoms with E-state index in [-0.39, 0.29) is 12.4 Å². The van der Waals surface area contributed by atoms with Gasteiger partial charge in [-0.3, -0.25) is 4.79 Å². The van der Waals surface area contributed by atoms with E-state index in [4.69, 9.17) is 4.74 Å². The number of aliphatic hydroxyl groups excluding tert-OH is 1. The van der Waals surface area contributed by atoms with Gasteiger partial charge in [-0.15, -0.1) is 0 Å². The Kier molecular flexibility index (Phi) is 10.1. The van der Waals surface area contributed by atoms with Crippen LogP contribution in [0.4, 0.5) is 0 Å².